The van der Waals surface area contributed by atoms with Crippen molar-refractivity contribution < 1.29 is 14.7 Å². The van der Waals surface area contributed by atoms with E-state index in [1.165, 1.54) is 0 Å². The van der Waals surface area contributed by atoms with E-state index < -0.39 is 17.4 Å². The summed E-state index contributed by atoms with van der Waals surface area (Å²) in [5.41, 5.74) is -0.660. The minimum atomic E-state index is -0.988. The van der Waals surface area contributed by atoms with Crippen LogP contribution in [0.4, 0.5) is 0 Å². The molecular formula is C11H15NO3. The van der Waals surface area contributed by atoms with Gasteiger partial charge in [-0.25, -0.2) is 4.79 Å². The van der Waals surface area contributed by atoms with Crippen LogP contribution >= 0.6 is 0 Å². The van der Waals surface area contributed by atoms with Crippen LogP contribution in [0.5, 0.6) is 0 Å². The summed E-state index contributed by atoms with van der Waals surface area (Å²) < 4.78 is 0. The number of carbonyl (C=O) groups is 2. The summed E-state index contributed by atoms with van der Waals surface area (Å²) in [4.78, 5) is 22.5. The molecule has 0 aromatic heterocycles. The lowest BCUT2D eigenvalue weighted by atomic mass is 9.78. The molecule has 1 heterocycles. The van der Waals surface area contributed by atoms with Crippen LogP contribution < -0.4 is 5.32 Å². The summed E-state index contributed by atoms with van der Waals surface area (Å²) in [5.74, 6) is -1.20. The number of hydrogen-bond acceptors (Lipinski definition) is 2. The standard InChI is InChI=1S/C11H15NO3/c1-3-5-11(6-4-2)7-8(9(13)14)12-10(11)15/h3-4,8H,1-2,5-7H2,(H,12,15)(H,13,14)/t8-/m0/s1. The smallest absolute Gasteiger partial charge is 0.326 e. The van der Waals surface area contributed by atoms with E-state index >= 15 is 0 Å². The van der Waals surface area contributed by atoms with Gasteiger partial charge < -0.3 is 10.4 Å². The predicted molar refractivity (Wildman–Crippen MR) is 56.2 cm³/mol. The molecule has 0 aromatic carbocycles. The van der Waals surface area contributed by atoms with Crippen LogP contribution in [-0.4, -0.2) is 23.0 Å². The van der Waals surface area contributed by atoms with Crippen molar-refractivity contribution in [2.75, 3.05) is 0 Å². The lowest BCUT2D eigenvalue weighted by Crippen LogP contribution is -2.34. The number of aliphatic carboxylic acids is 1. The molecule has 0 aliphatic carbocycles. The fourth-order valence-corrected chi connectivity index (χ4v) is 1.98. The molecule has 1 aliphatic heterocycles. The average Bonchev–Trinajstić information content (AvgIpc) is 2.46. The van der Waals surface area contributed by atoms with Gasteiger partial charge in [-0.05, 0) is 19.3 Å². The molecule has 1 rings (SSSR count). The first-order valence-electron chi connectivity index (χ1n) is 4.81. The SMILES string of the molecule is C=CCC1(CC=C)C[C@@H](C(=O)O)NC1=O. The van der Waals surface area contributed by atoms with Crippen molar-refractivity contribution in [1.29, 1.82) is 0 Å². The number of amides is 1. The van der Waals surface area contributed by atoms with E-state index in [9.17, 15) is 9.59 Å². The highest BCUT2D eigenvalue weighted by molar-refractivity contribution is 5.91. The van der Waals surface area contributed by atoms with Crippen LogP contribution in [0.3, 0.4) is 0 Å². The largest absolute Gasteiger partial charge is 0.480 e. The third kappa shape index (κ3) is 2.09. The van der Waals surface area contributed by atoms with Crippen LogP contribution in [0.1, 0.15) is 19.3 Å². The van der Waals surface area contributed by atoms with E-state index in [2.05, 4.69) is 18.5 Å². The molecule has 1 aliphatic rings. The second-order valence-corrected chi connectivity index (χ2v) is 3.83. The topological polar surface area (TPSA) is 66.4 Å². The molecule has 82 valence electrons. The van der Waals surface area contributed by atoms with Gasteiger partial charge in [0, 0.05) is 0 Å². The quantitative estimate of drug-likeness (QED) is 0.666. The summed E-state index contributed by atoms with van der Waals surface area (Å²) in [6, 6.07) is -0.780. The monoisotopic (exact) mass is 209 g/mol. The Kier molecular flexibility index (Phi) is 3.29. The molecule has 0 bridgehead atoms. The molecule has 0 aromatic rings. The number of carbonyl (C=O) groups excluding carboxylic acids is 1. The first-order valence-corrected chi connectivity index (χ1v) is 4.81. The second-order valence-electron chi connectivity index (χ2n) is 3.83. The summed E-state index contributed by atoms with van der Waals surface area (Å²) in [7, 11) is 0. The fourth-order valence-electron chi connectivity index (χ4n) is 1.98. The zero-order chi connectivity index (χ0) is 11.5. The van der Waals surface area contributed by atoms with Crippen molar-refractivity contribution in [3.63, 3.8) is 0 Å². The maximum Gasteiger partial charge on any atom is 0.326 e. The van der Waals surface area contributed by atoms with Crippen molar-refractivity contribution >= 4 is 11.9 Å². The van der Waals surface area contributed by atoms with E-state index in [0.29, 0.717) is 19.3 Å². The Balaban J connectivity index is 2.89. The van der Waals surface area contributed by atoms with Crippen LogP contribution in [0, 0.1) is 5.41 Å². The molecule has 2 N–H and O–H groups in total. The van der Waals surface area contributed by atoms with Gasteiger partial charge in [-0.3, -0.25) is 4.79 Å². The minimum absolute atomic E-state index is 0.213. The zero-order valence-electron chi connectivity index (χ0n) is 8.53. The zero-order valence-corrected chi connectivity index (χ0v) is 8.53. The molecule has 15 heavy (non-hydrogen) atoms. The van der Waals surface area contributed by atoms with E-state index in [4.69, 9.17) is 5.11 Å². The van der Waals surface area contributed by atoms with Crippen molar-refractivity contribution in [1.82, 2.24) is 5.32 Å². The highest BCUT2D eigenvalue weighted by Crippen LogP contribution is 2.38. The molecule has 4 heteroatoms. The van der Waals surface area contributed by atoms with Crippen LogP contribution in [0.25, 0.3) is 0 Å². The first-order chi connectivity index (χ1) is 7.05. The predicted octanol–water partition coefficient (Wildman–Crippen LogP) is 1.10. The average molecular weight is 209 g/mol. The summed E-state index contributed by atoms with van der Waals surface area (Å²) in [6.45, 7) is 7.19. The van der Waals surface area contributed by atoms with Gasteiger partial charge in [-0.1, -0.05) is 12.2 Å². The summed E-state index contributed by atoms with van der Waals surface area (Å²) >= 11 is 0. The molecule has 1 fully saturated rings. The van der Waals surface area contributed by atoms with E-state index in [0.717, 1.165) is 0 Å². The summed E-state index contributed by atoms with van der Waals surface area (Å²) in [6.07, 6.45) is 4.56. The molecule has 1 atom stereocenters. The van der Waals surface area contributed by atoms with E-state index in [-0.39, 0.29) is 5.91 Å². The highest BCUT2D eigenvalue weighted by atomic mass is 16.4. The fraction of sp³-hybridized carbons (Fsp3) is 0.455. The molecule has 0 radical (unpaired) electrons. The van der Waals surface area contributed by atoms with Gasteiger partial charge in [0.2, 0.25) is 5.91 Å². The Morgan fingerprint density at radius 3 is 2.40 bits per heavy atom. The Morgan fingerprint density at radius 1 is 1.53 bits per heavy atom. The molecular weight excluding hydrogens is 194 g/mol. The Labute approximate surface area is 88.7 Å². The van der Waals surface area contributed by atoms with Crippen LogP contribution in [0.15, 0.2) is 25.3 Å². The normalized spacial score (nSPS) is 23.2. The van der Waals surface area contributed by atoms with Gasteiger partial charge in [0.05, 0.1) is 5.41 Å². The third-order valence-electron chi connectivity index (χ3n) is 2.75. The molecule has 1 amide bonds. The van der Waals surface area contributed by atoms with Gasteiger partial charge in [0.1, 0.15) is 6.04 Å². The van der Waals surface area contributed by atoms with Gasteiger partial charge in [-0.2, -0.15) is 0 Å². The number of rotatable bonds is 5. The lowest BCUT2D eigenvalue weighted by Gasteiger charge is -2.22. The number of carboxylic acid groups (broad SMARTS) is 1. The maximum absolute atomic E-state index is 11.7. The number of nitrogens with one attached hydrogen (secondary N) is 1. The van der Waals surface area contributed by atoms with E-state index in [1.54, 1.807) is 12.2 Å². The molecule has 4 nitrogen and oxygen atoms in total. The minimum Gasteiger partial charge on any atom is -0.480 e. The number of allylic oxidation sites excluding steroid dienone is 2. The molecule has 0 spiro atoms. The molecule has 1 saturated heterocycles. The Hall–Kier alpha value is -1.58. The molecule has 0 unspecified atom stereocenters. The summed E-state index contributed by atoms with van der Waals surface area (Å²) in [5, 5.41) is 11.3. The highest BCUT2D eigenvalue weighted by Gasteiger charge is 2.47. The number of hydrogen-bond donors (Lipinski definition) is 2. The van der Waals surface area contributed by atoms with E-state index in [1.807, 2.05) is 0 Å². The van der Waals surface area contributed by atoms with Crippen molar-refractivity contribution in [2.45, 2.75) is 25.3 Å². The molecule has 0 saturated carbocycles. The Bertz CT molecular complexity index is 299. The Morgan fingerprint density at radius 2 is 2.07 bits per heavy atom. The maximum atomic E-state index is 11.7. The second kappa shape index (κ2) is 4.29. The number of carboxylic acids is 1. The van der Waals surface area contributed by atoms with Crippen molar-refractivity contribution in [2.24, 2.45) is 5.41 Å². The van der Waals surface area contributed by atoms with Crippen molar-refractivity contribution in [3.05, 3.63) is 25.3 Å². The third-order valence-corrected chi connectivity index (χ3v) is 2.75. The van der Waals surface area contributed by atoms with Gasteiger partial charge in [0.25, 0.3) is 0 Å². The van der Waals surface area contributed by atoms with Crippen molar-refractivity contribution in [3.8, 4) is 0 Å². The van der Waals surface area contributed by atoms with Crippen LogP contribution in [-0.2, 0) is 9.59 Å². The van der Waals surface area contributed by atoms with Gasteiger partial charge in [0.15, 0.2) is 0 Å². The van der Waals surface area contributed by atoms with Gasteiger partial charge in [-0.15, -0.1) is 13.2 Å². The lowest BCUT2D eigenvalue weighted by molar-refractivity contribution is -0.140. The van der Waals surface area contributed by atoms with Gasteiger partial charge >= 0.3 is 5.97 Å². The first kappa shape index (κ1) is 11.5. The van der Waals surface area contributed by atoms with Crippen LogP contribution in [0.2, 0.25) is 0 Å².